The van der Waals surface area contributed by atoms with Crippen LogP contribution in [-0.4, -0.2) is 12.2 Å². The third-order valence-electron chi connectivity index (χ3n) is 4.18. The van der Waals surface area contributed by atoms with Crippen molar-refractivity contribution in [2.75, 3.05) is 7.11 Å². The first kappa shape index (κ1) is 14.1. The Balaban J connectivity index is 1.91. The Morgan fingerprint density at radius 3 is 2.38 bits per heavy atom. The summed E-state index contributed by atoms with van der Waals surface area (Å²) < 4.78 is 18.7. The van der Waals surface area contributed by atoms with Crippen molar-refractivity contribution < 1.29 is 14.2 Å². The smallest absolute Gasteiger partial charge is 0.165 e. The summed E-state index contributed by atoms with van der Waals surface area (Å²) >= 11 is 0. The highest BCUT2D eigenvalue weighted by Gasteiger charge is 2.16. The predicted molar refractivity (Wildman–Crippen MR) is 80.1 cm³/mol. The van der Waals surface area contributed by atoms with Crippen molar-refractivity contribution in [3.8, 4) is 5.75 Å². The molecule has 0 fully saturated rings. The number of methoxy groups -OCH3 is 1. The van der Waals surface area contributed by atoms with Gasteiger partial charge in [-0.2, -0.15) is 0 Å². The molecule has 0 saturated heterocycles. The average Bonchev–Trinajstić information content (AvgIpc) is 2.53. The van der Waals surface area contributed by atoms with Crippen LogP contribution in [0, 0.1) is 5.82 Å². The fraction of sp³-hybridized carbons (Fsp3) is 0.333. The summed E-state index contributed by atoms with van der Waals surface area (Å²) in [6.45, 7) is 0. The summed E-state index contributed by atoms with van der Waals surface area (Å²) in [5, 5.41) is 10.5. The highest BCUT2D eigenvalue weighted by molar-refractivity contribution is 5.39. The summed E-state index contributed by atoms with van der Waals surface area (Å²) in [4.78, 5) is 0. The third-order valence-corrected chi connectivity index (χ3v) is 4.18. The van der Waals surface area contributed by atoms with E-state index in [9.17, 15) is 9.50 Å². The van der Waals surface area contributed by atoms with Crippen molar-refractivity contribution in [3.05, 3.63) is 64.5 Å². The SMILES string of the molecule is COc1ccc(C(O)c2ccc3c(c2)CCCC3)cc1F. The number of fused-ring (bicyclic) bond motifs is 1. The molecule has 1 atom stereocenters. The molecule has 1 N–H and O–H groups in total. The summed E-state index contributed by atoms with van der Waals surface area (Å²) in [5.74, 6) is -0.261. The number of hydrogen-bond donors (Lipinski definition) is 1. The van der Waals surface area contributed by atoms with E-state index in [4.69, 9.17) is 4.74 Å². The molecule has 0 radical (unpaired) electrons. The van der Waals surface area contributed by atoms with E-state index in [1.807, 2.05) is 6.07 Å². The van der Waals surface area contributed by atoms with Gasteiger partial charge in [-0.1, -0.05) is 24.3 Å². The second kappa shape index (κ2) is 5.86. The lowest BCUT2D eigenvalue weighted by Crippen LogP contribution is -2.06. The molecular formula is C18H19FO2. The van der Waals surface area contributed by atoms with Gasteiger partial charge in [-0.3, -0.25) is 0 Å². The minimum absolute atomic E-state index is 0.191. The van der Waals surface area contributed by atoms with E-state index in [0.717, 1.165) is 18.4 Å². The molecule has 3 heteroatoms. The van der Waals surface area contributed by atoms with Gasteiger partial charge in [0.1, 0.15) is 6.10 Å². The maximum absolute atomic E-state index is 13.8. The Bertz CT molecular complexity index is 652. The molecule has 0 aliphatic heterocycles. The number of benzene rings is 2. The fourth-order valence-electron chi connectivity index (χ4n) is 2.97. The van der Waals surface area contributed by atoms with Gasteiger partial charge in [0, 0.05) is 0 Å². The molecule has 0 amide bonds. The summed E-state index contributed by atoms with van der Waals surface area (Å²) in [6, 6.07) is 10.7. The van der Waals surface area contributed by atoms with Crippen molar-refractivity contribution in [3.63, 3.8) is 0 Å². The number of halogens is 1. The van der Waals surface area contributed by atoms with E-state index in [1.165, 1.54) is 37.1 Å². The number of aliphatic hydroxyl groups is 1. The zero-order valence-corrected chi connectivity index (χ0v) is 12.1. The molecule has 3 rings (SSSR count). The van der Waals surface area contributed by atoms with Gasteiger partial charge in [-0.05, 0) is 60.1 Å². The maximum Gasteiger partial charge on any atom is 0.165 e. The van der Waals surface area contributed by atoms with Crippen molar-refractivity contribution in [2.45, 2.75) is 31.8 Å². The maximum atomic E-state index is 13.8. The normalized spacial score (nSPS) is 15.4. The number of rotatable bonds is 3. The number of ether oxygens (including phenoxy) is 1. The molecule has 21 heavy (non-hydrogen) atoms. The molecule has 110 valence electrons. The zero-order valence-electron chi connectivity index (χ0n) is 12.1. The van der Waals surface area contributed by atoms with Crippen LogP contribution in [0.2, 0.25) is 0 Å². The van der Waals surface area contributed by atoms with E-state index in [2.05, 4.69) is 12.1 Å². The van der Waals surface area contributed by atoms with Crippen LogP contribution in [0.3, 0.4) is 0 Å². The quantitative estimate of drug-likeness (QED) is 0.930. The van der Waals surface area contributed by atoms with Crippen LogP contribution in [0.5, 0.6) is 5.75 Å². The van der Waals surface area contributed by atoms with Gasteiger partial charge in [-0.25, -0.2) is 4.39 Å². The fourth-order valence-corrected chi connectivity index (χ4v) is 2.97. The second-order valence-corrected chi connectivity index (χ2v) is 5.53. The first-order valence-electron chi connectivity index (χ1n) is 7.32. The van der Waals surface area contributed by atoms with E-state index >= 15 is 0 Å². The van der Waals surface area contributed by atoms with Crippen LogP contribution < -0.4 is 4.74 Å². The lowest BCUT2D eigenvalue weighted by atomic mass is 9.88. The molecule has 0 aromatic heterocycles. The number of aryl methyl sites for hydroxylation is 2. The Kier molecular flexibility index (Phi) is 3.93. The van der Waals surface area contributed by atoms with Crippen LogP contribution in [0.25, 0.3) is 0 Å². The summed E-state index contributed by atoms with van der Waals surface area (Å²) in [6.07, 6.45) is 3.80. The molecule has 1 aliphatic rings. The van der Waals surface area contributed by atoms with E-state index in [1.54, 1.807) is 12.1 Å². The van der Waals surface area contributed by atoms with E-state index in [-0.39, 0.29) is 5.75 Å². The lowest BCUT2D eigenvalue weighted by molar-refractivity contribution is 0.219. The monoisotopic (exact) mass is 286 g/mol. The number of hydrogen-bond acceptors (Lipinski definition) is 2. The van der Waals surface area contributed by atoms with Crippen molar-refractivity contribution in [1.29, 1.82) is 0 Å². The minimum Gasteiger partial charge on any atom is -0.494 e. The lowest BCUT2D eigenvalue weighted by Gasteiger charge is -2.19. The first-order valence-corrected chi connectivity index (χ1v) is 7.32. The number of aliphatic hydroxyl groups excluding tert-OH is 1. The second-order valence-electron chi connectivity index (χ2n) is 5.53. The third kappa shape index (κ3) is 2.79. The topological polar surface area (TPSA) is 29.5 Å². The van der Waals surface area contributed by atoms with Crippen LogP contribution in [0.15, 0.2) is 36.4 Å². The first-order chi connectivity index (χ1) is 10.2. The summed E-state index contributed by atoms with van der Waals surface area (Å²) in [5.41, 5.74) is 4.05. The molecular weight excluding hydrogens is 267 g/mol. The van der Waals surface area contributed by atoms with E-state index < -0.39 is 11.9 Å². The van der Waals surface area contributed by atoms with Gasteiger partial charge in [-0.15, -0.1) is 0 Å². The minimum atomic E-state index is -0.808. The van der Waals surface area contributed by atoms with Crippen LogP contribution >= 0.6 is 0 Å². The van der Waals surface area contributed by atoms with Gasteiger partial charge in [0.15, 0.2) is 11.6 Å². The largest absolute Gasteiger partial charge is 0.494 e. The Labute approximate surface area is 124 Å². The Hall–Kier alpha value is -1.87. The van der Waals surface area contributed by atoms with Crippen LogP contribution in [0.4, 0.5) is 4.39 Å². The van der Waals surface area contributed by atoms with Gasteiger partial charge in [0.25, 0.3) is 0 Å². The Morgan fingerprint density at radius 1 is 1.00 bits per heavy atom. The highest BCUT2D eigenvalue weighted by Crippen LogP contribution is 2.29. The molecule has 2 nitrogen and oxygen atoms in total. The molecule has 1 unspecified atom stereocenters. The molecule has 1 aliphatic carbocycles. The van der Waals surface area contributed by atoms with Gasteiger partial charge < -0.3 is 9.84 Å². The van der Waals surface area contributed by atoms with Crippen molar-refractivity contribution in [1.82, 2.24) is 0 Å². The standard InChI is InChI=1S/C18H19FO2/c1-21-17-9-8-15(11-16(17)19)18(20)14-7-6-12-4-2-3-5-13(12)10-14/h6-11,18,20H,2-5H2,1H3. The zero-order chi connectivity index (χ0) is 14.8. The average molecular weight is 286 g/mol. The molecule has 0 bridgehead atoms. The molecule has 0 spiro atoms. The van der Waals surface area contributed by atoms with E-state index in [0.29, 0.717) is 5.56 Å². The van der Waals surface area contributed by atoms with Gasteiger partial charge in [0.05, 0.1) is 7.11 Å². The van der Waals surface area contributed by atoms with Crippen LogP contribution in [0.1, 0.15) is 41.2 Å². The van der Waals surface area contributed by atoms with Crippen molar-refractivity contribution in [2.24, 2.45) is 0 Å². The van der Waals surface area contributed by atoms with Crippen LogP contribution in [-0.2, 0) is 12.8 Å². The summed E-state index contributed by atoms with van der Waals surface area (Å²) in [7, 11) is 1.43. The van der Waals surface area contributed by atoms with Gasteiger partial charge in [0.2, 0.25) is 0 Å². The van der Waals surface area contributed by atoms with Crippen molar-refractivity contribution >= 4 is 0 Å². The molecule has 2 aromatic rings. The van der Waals surface area contributed by atoms with Gasteiger partial charge >= 0.3 is 0 Å². The highest BCUT2D eigenvalue weighted by atomic mass is 19.1. The predicted octanol–water partition coefficient (Wildman–Crippen LogP) is 3.79. The molecule has 0 heterocycles. The Morgan fingerprint density at radius 2 is 1.67 bits per heavy atom. The molecule has 2 aromatic carbocycles. The molecule has 0 saturated carbocycles.